The SMILES string of the molecule is O=C(CCc1cnccn1)N1CCC[C@H](c2ccc(F)cc2)CC1. The molecule has 24 heavy (non-hydrogen) atoms. The van der Waals surface area contributed by atoms with Gasteiger partial charge >= 0.3 is 0 Å². The zero-order valence-corrected chi connectivity index (χ0v) is 13.7. The minimum Gasteiger partial charge on any atom is -0.343 e. The van der Waals surface area contributed by atoms with Crippen molar-refractivity contribution in [2.24, 2.45) is 0 Å². The second-order valence-electron chi connectivity index (χ2n) is 6.26. The Morgan fingerprint density at radius 1 is 1.17 bits per heavy atom. The van der Waals surface area contributed by atoms with Crippen LogP contribution in [-0.4, -0.2) is 33.9 Å². The van der Waals surface area contributed by atoms with Crippen LogP contribution in [0.25, 0.3) is 0 Å². The van der Waals surface area contributed by atoms with E-state index in [4.69, 9.17) is 0 Å². The van der Waals surface area contributed by atoms with Gasteiger partial charge in [-0.25, -0.2) is 4.39 Å². The largest absolute Gasteiger partial charge is 0.343 e. The van der Waals surface area contributed by atoms with Crippen molar-refractivity contribution in [3.63, 3.8) is 0 Å². The molecule has 1 amide bonds. The van der Waals surface area contributed by atoms with E-state index < -0.39 is 0 Å². The van der Waals surface area contributed by atoms with Gasteiger partial charge in [0.05, 0.1) is 5.69 Å². The summed E-state index contributed by atoms with van der Waals surface area (Å²) in [5, 5.41) is 0. The van der Waals surface area contributed by atoms with Crippen LogP contribution in [0.2, 0.25) is 0 Å². The zero-order chi connectivity index (χ0) is 16.8. The van der Waals surface area contributed by atoms with Gasteiger partial charge in [0, 0.05) is 38.1 Å². The molecule has 0 unspecified atom stereocenters. The highest BCUT2D eigenvalue weighted by molar-refractivity contribution is 5.76. The number of carbonyl (C=O) groups is 1. The van der Waals surface area contributed by atoms with Crippen LogP contribution in [0.4, 0.5) is 4.39 Å². The number of carbonyl (C=O) groups excluding carboxylic acids is 1. The summed E-state index contributed by atoms with van der Waals surface area (Å²) in [4.78, 5) is 22.6. The fourth-order valence-electron chi connectivity index (χ4n) is 3.27. The van der Waals surface area contributed by atoms with Crippen LogP contribution in [0.3, 0.4) is 0 Å². The number of aromatic nitrogens is 2. The van der Waals surface area contributed by atoms with Gasteiger partial charge in [0.2, 0.25) is 5.91 Å². The second-order valence-corrected chi connectivity index (χ2v) is 6.26. The number of aryl methyl sites for hydroxylation is 1. The molecule has 1 aromatic heterocycles. The molecule has 0 N–H and O–H groups in total. The molecule has 1 aliphatic rings. The van der Waals surface area contributed by atoms with Crippen molar-refractivity contribution in [3.05, 3.63) is 59.9 Å². The number of likely N-dealkylation sites (tertiary alicyclic amines) is 1. The van der Waals surface area contributed by atoms with E-state index in [1.54, 1.807) is 18.6 Å². The van der Waals surface area contributed by atoms with E-state index in [1.807, 2.05) is 17.0 Å². The highest BCUT2D eigenvalue weighted by atomic mass is 19.1. The highest BCUT2D eigenvalue weighted by Crippen LogP contribution is 2.28. The van der Waals surface area contributed by atoms with Crippen LogP contribution in [0.5, 0.6) is 0 Å². The van der Waals surface area contributed by atoms with E-state index >= 15 is 0 Å². The molecule has 2 aromatic rings. The minimum absolute atomic E-state index is 0.181. The van der Waals surface area contributed by atoms with E-state index in [1.165, 1.54) is 17.7 Å². The fourth-order valence-corrected chi connectivity index (χ4v) is 3.27. The zero-order valence-electron chi connectivity index (χ0n) is 13.7. The summed E-state index contributed by atoms with van der Waals surface area (Å²) < 4.78 is 13.1. The maximum absolute atomic E-state index is 13.1. The number of amides is 1. The molecule has 126 valence electrons. The normalized spacial score (nSPS) is 18.2. The number of hydrogen-bond donors (Lipinski definition) is 0. The van der Waals surface area contributed by atoms with Gasteiger partial charge in [-0.15, -0.1) is 0 Å². The van der Waals surface area contributed by atoms with Crippen molar-refractivity contribution >= 4 is 5.91 Å². The summed E-state index contributed by atoms with van der Waals surface area (Å²) in [7, 11) is 0. The third-order valence-corrected chi connectivity index (χ3v) is 4.63. The van der Waals surface area contributed by atoms with E-state index in [0.29, 0.717) is 18.8 Å². The Morgan fingerprint density at radius 3 is 2.75 bits per heavy atom. The molecule has 0 radical (unpaired) electrons. The average molecular weight is 327 g/mol. The Bertz CT molecular complexity index is 660. The number of nitrogens with zero attached hydrogens (tertiary/aromatic N) is 3. The molecule has 1 fully saturated rings. The number of hydrogen-bond acceptors (Lipinski definition) is 3. The number of halogens is 1. The molecular weight excluding hydrogens is 305 g/mol. The second kappa shape index (κ2) is 7.99. The number of benzene rings is 1. The Balaban J connectivity index is 1.53. The maximum atomic E-state index is 13.1. The van der Waals surface area contributed by atoms with Crippen molar-refractivity contribution in [2.45, 2.75) is 38.0 Å². The Labute approximate surface area is 141 Å². The van der Waals surface area contributed by atoms with Gasteiger partial charge in [0.15, 0.2) is 0 Å². The van der Waals surface area contributed by atoms with Gasteiger partial charge in [0.1, 0.15) is 5.82 Å². The van der Waals surface area contributed by atoms with Crippen LogP contribution in [0.1, 0.15) is 42.9 Å². The molecule has 1 aliphatic heterocycles. The van der Waals surface area contributed by atoms with Gasteiger partial charge in [-0.3, -0.25) is 14.8 Å². The van der Waals surface area contributed by atoms with E-state index in [9.17, 15) is 9.18 Å². The molecule has 1 atom stereocenters. The summed E-state index contributed by atoms with van der Waals surface area (Å²) >= 11 is 0. The van der Waals surface area contributed by atoms with Gasteiger partial charge in [-0.1, -0.05) is 12.1 Å². The van der Waals surface area contributed by atoms with Crippen molar-refractivity contribution in [1.29, 1.82) is 0 Å². The summed E-state index contributed by atoms with van der Waals surface area (Å²) in [6.07, 6.45) is 9.06. The Kier molecular flexibility index (Phi) is 5.51. The lowest BCUT2D eigenvalue weighted by atomic mass is 9.92. The first kappa shape index (κ1) is 16.6. The van der Waals surface area contributed by atoms with E-state index in [2.05, 4.69) is 9.97 Å². The first-order valence-corrected chi connectivity index (χ1v) is 8.50. The molecule has 1 saturated heterocycles. The van der Waals surface area contributed by atoms with Gasteiger partial charge in [0.25, 0.3) is 0 Å². The van der Waals surface area contributed by atoms with Crippen LogP contribution in [0.15, 0.2) is 42.9 Å². The van der Waals surface area contributed by atoms with Gasteiger partial charge in [-0.05, 0) is 49.3 Å². The van der Waals surface area contributed by atoms with Crippen LogP contribution in [0, 0.1) is 5.82 Å². The van der Waals surface area contributed by atoms with Crippen molar-refractivity contribution in [2.75, 3.05) is 13.1 Å². The third kappa shape index (κ3) is 4.37. The predicted molar refractivity (Wildman–Crippen MR) is 89.9 cm³/mol. The topological polar surface area (TPSA) is 46.1 Å². The highest BCUT2D eigenvalue weighted by Gasteiger charge is 2.21. The fraction of sp³-hybridized carbons (Fsp3) is 0.421. The van der Waals surface area contributed by atoms with Crippen molar-refractivity contribution in [3.8, 4) is 0 Å². The van der Waals surface area contributed by atoms with Crippen LogP contribution < -0.4 is 0 Å². The lowest BCUT2D eigenvalue weighted by Gasteiger charge is -2.20. The quantitative estimate of drug-likeness (QED) is 0.865. The van der Waals surface area contributed by atoms with E-state index in [0.717, 1.165) is 38.0 Å². The Hall–Kier alpha value is -2.30. The number of rotatable bonds is 4. The van der Waals surface area contributed by atoms with E-state index in [-0.39, 0.29) is 11.7 Å². The molecular formula is C19H22FN3O. The van der Waals surface area contributed by atoms with Crippen molar-refractivity contribution < 1.29 is 9.18 Å². The summed E-state index contributed by atoms with van der Waals surface area (Å²) in [5.41, 5.74) is 2.02. The summed E-state index contributed by atoms with van der Waals surface area (Å²) in [6.45, 7) is 1.57. The first-order chi connectivity index (χ1) is 11.7. The van der Waals surface area contributed by atoms with Gasteiger partial charge < -0.3 is 4.90 Å². The van der Waals surface area contributed by atoms with Crippen molar-refractivity contribution in [1.82, 2.24) is 14.9 Å². The molecule has 0 spiro atoms. The predicted octanol–water partition coefficient (Wildman–Crippen LogP) is 3.34. The summed E-state index contributed by atoms with van der Waals surface area (Å²) in [5.74, 6) is 0.386. The lowest BCUT2D eigenvalue weighted by Crippen LogP contribution is -2.32. The summed E-state index contributed by atoms with van der Waals surface area (Å²) in [6, 6.07) is 6.77. The molecule has 0 saturated carbocycles. The maximum Gasteiger partial charge on any atom is 0.222 e. The monoisotopic (exact) mass is 327 g/mol. The molecule has 2 heterocycles. The average Bonchev–Trinajstić information content (AvgIpc) is 2.87. The molecule has 4 nitrogen and oxygen atoms in total. The standard InChI is InChI=1S/C19H22FN3O/c20-17-5-3-16(4-6-17)15-2-1-12-23(13-9-15)19(24)8-7-18-14-21-10-11-22-18/h3-6,10-11,14-15H,1-2,7-9,12-13H2/t15-/m0/s1. The van der Waals surface area contributed by atoms with Crippen LogP contribution >= 0.6 is 0 Å². The smallest absolute Gasteiger partial charge is 0.222 e. The first-order valence-electron chi connectivity index (χ1n) is 8.50. The van der Waals surface area contributed by atoms with Crippen LogP contribution in [-0.2, 0) is 11.2 Å². The third-order valence-electron chi connectivity index (χ3n) is 4.63. The van der Waals surface area contributed by atoms with Gasteiger partial charge in [-0.2, -0.15) is 0 Å². The minimum atomic E-state index is -0.201. The lowest BCUT2D eigenvalue weighted by molar-refractivity contribution is -0.131. The molecule has 3 rings (SSSR count). The molecule has 1 aromatic carbocycles. The molecule has 0 aliphatic carbocycles. The molecule has 5 heteroatoms. The Morgan fingerprint density at radius 2 is 2.00 bits per heavy atom. The molecule has 0 bridgehead atoms.